The Balaban J connectivity index is 1.48. The molecule has 7 nitrogen and oxygen atoms in total. The van der Waals surface area contributed by atoms with Gasteiger partial charge in [0.15, 0.2) is 0 Å². The van der Waals surface area contributed by atoms with Gasteiger partial charge >= 0.3 is 0 Å². The summed E-state index contributed by atoms with van der Waals surface area (Å²) in [7, 11) is 3.38. The summed E-state index contributed by atoms with van der Waals surface area (Å²) in [4.78, 5) is 29.0. The number of likely N-dealkylation sites (N-methyl/N-ethyl adjacent to an activating group) is 1. The normalized spacial score (nSPS) is 11.3. The van der Waals surface area contributed by atoms with Gasteiger partial charge in [-0.3, -0.25) is 14.2 Å². The van der Waals surface area contributed by atoms with E-state index in [1.807, 2.05) is 109 Å². The van der Waals surface area contributed by atoms with Gasteiger partial charge in [0.05, 0.1) is 17.3 Å². The van der Waals surface area contributed by atoms with E-state index in [4.69, 9.17) is 0 Å². The lowest BCUT2D eigenvalue weighted by molar-refractivity contribution is -0.131. The molecule has 0 bridgehead atoms. The molecule has 0 aliphatic rings. The van der Waals surface area contributed by atoms with Crippen molar-refractivity contribution in [3.63, 3.8) is 0 Å². The second-order valence-electron chi connectivity index (χ2n) is 10.4. The number of nitriles is 1. The van der Waals surface area contributed by atoms with Crippen LogP contribution < -0.4 is 16.2 Å². The highest BCUT2D eigenvalue weighted by molar-refractivity contribution is 5.83. The summed E-state index contributed by atoms with van der Waals surface area (Å²) in [6, 6.07) is 38.0. The van der Waals surface area contributed by atoms with Crippen molar-refractivity contribution >= 4 is 17.3 Å². The number of benzene rings is 4. The van der Waals surface area contributed by atoms with Gasteiger partial charge in [-0.2, -0.15) is 5.26 Å². The van der Waals surface area contributed by atoms with Crippen LogP contribution in [0.15, 0.2) is 126 Å². The molecule has 0 aliphatic heterocycles. The summed E-state index contributed by atoms with van der Waals surface area (Å²) < 4.78 is 1.50. The van der Waals surface area contributed by atoms with Crippen molar-refractivity contribution in [1.82, 2.24) is 9.47 Å². The summed E-state index contributed by atoms with van der Waals surface area (Å²) in [5.74, 6) is -0.197. The lowest BCUT2D eigenvalue weighted by atomic mass is 9.99. The van der Waals surface area contributed by atoms with Gasteiger partial charge in [0.1, 0.15) is 11.7 Å². The molecular weight excluding hydrogens is 534 g/mol. The molecule has 1 aromatic heterocycles. The molecule has 0 saturated heterocycles. The second-order valence-corrected chi connectivity index (χ2v) is 10.4. The molecule has 214 valence electrons. The standard InChI is InChI=1S/C36H33N5O2/c1-40(2)36(43)34(29-13-7-4-8-14-29)41-22-21-32(38-24-26-11-5-3-6-12-26)33(35(41)42)39-25-27-17-19-28(20-18-27)31-16-10-9-15-30(31)23-37/h3-22,34,38-39H,24-25H2,1-2H3. The number of hydrogen-bond acceptors (Lipinski definition) is 5. The molecule has 1 atom stereocenters. The Morgan fingerprint density at radius 2 is 1.40 bits per heavy atom. The molecule has 4 aromatic carbocycles. The maximum atomic E-state index is 14.1. The van der Waals surface area contributed by atoms with E-state index in [9.17, 15) is 14.9 Å². The first-order valence-electron chi connectivity index (χ1n) is 14.1. The number of rotatable bonds is 10. The molecule has 0 fully saturated rings. The quantitative estimate of drug-likeness (QED) is 0.207. The summed E-state index contributed by atoms with van der Waals surface area (Å²) >= 11 is 0. The van der Waals surface area contributed by atoms with Crippen LogP contribution in [0.4, 0.5) is 11.4 Å². The van der Waals surface area contributed by atoms with Crippen molar-refractivity contribution < 1.29 is 4.79 Å². The Hall–Kier alpha value is -5.61. The molecule has 7 heteroatoms. The van der Waals surface area contributed by atoms with E-state index in [1.165, 1.54) is 9.47 Å². The molecule has 1 unspecified atom stereocenters. The van der Waals surface area contributed by atoms with Crippen molar-refractivity contribution in [2.24, 2.45) is 0 Å². The molecule has 0 spiro atoms. The van der Waals surface area contributed by atoms with E-state index in [1.54, 1.807) is 26.4 Å². The van der Waals surface area contributed by atoms with E-state index in [-0.39, 0.29) is 11.5 Å². The summed E-state index contributed by atoms with van der Waals surface area (Å²) in [5.41, 5.74) is 5.93. The van der Waals surface area contributed by atoms with Gasteiger partial charge in [-0.25, -0.2) is 0 Å². The fraction of sp³-hybridized carbons (Fsp3) is 0.139. The highest BCUT2D eigenvalue weighted by atomic mass is 16.2. The zero-order valence-electron chi connectivity index (χ0n) is 24.2. The minimum absolute atomic E-state index is 0.197. The average molecular weight is 568 g/mol. The summed E-state index contributed by atoms with van der Waals surface area (Å²) in [6.07, 6.45) is 1.68. The fourth-order valence-corrected chi connectivity index (χ4v) is 4.99. The largest absolute Gasteiger partial charge is 0.379 e. The third kappa shape index (κ3) is 6.66. The molecule has 0 aliphatic carbocycles. The lowest BCUT2D eigenvalue weighted by Crippen LogP contribution is -2.38. The smallest absolute Gasteiger partial charge is 0.277 e. The molecule has 5 aromatic rings. The Labute approximate surface area is 251 Å². The van der Waals surface area contributed by atoms with Gasteiger partial charge in [-0.1, -0.05) is 103 Å². The first kappa shape index (κ1) is 28.9. The average Bonchev–Trinajstić information content (AvgIpc) is 3.05. The van der Waals surface area contributed by atoms with Crippen LogP contribution in [0.5, 0.6) is 0 Å². The third-order valence-corrected chi connectivity index (χ3v) is 7.30. The summed E-state index contributed by atoms with van der Waals surface area (Å²) in [5, 5.41) is 16.3. The number of carbonyl (C=O) groups excluding carboxylic acids is 1. The number of anilines is 2. The van der Waals surface area contributed by atoms with E-state index >= 15 is 0 Å². The molecule has 0 radical (unpaired) electrons. The van der Waals surface area contributed by atoms with Crippen molar-refractivity contribution in [3.8, 4) is 17.2 Å². The van der Waals surface area contributed by atoms with E-state index < -0.39 is 6.04 Å². The van der Waals surface area contributed by atoms with Crippen LogP contribution in [0, 0.1) is 11.3 Å². The Kier molecular flexibility index (Phi) is 8.99. The maximum absolute atomic E-state index is 14.1. The topological polar surface area (TPSA) is 90.2 Å². The Bertz CT molecular complexity index is 1790. The number of pyridine rings is 1. The highest BCUT2D eigenvalue weighted by Crippen LogP contribution is 2.26. The monoisotopic (exact) mass is 567 g/mol. The van der Waals surface area contributed by atoms with Gasteiger partial charge < -0.3 is 15.5 Å². The zero-order chi connectivity index (χ0) is 30.2. The Morgan fingerprint density at radius 3 is 2.07 bits per heavy atom. The predicted molar refractivity (Wildman–Crippen MR) is 172 cm³/mol. The zero-order valence-corrected chi connectivity index (χ0v) is 24.2. The van der Waals surface area contributed by atoms with Crippen LogP contribution >= 0.6 is 0 Å². The number of amides is 1. The molecular formula is C36H33N5O2. The van der Waals surface area contributed by atoms with Crippen molar-refractivity contribution in [1.29, 1.82) is 5.26 Å². The lowest BCUT2D eigenvalue weighted by Gasteiger charge is -2.25. The Morgan fingerprint density at radius 1 is 0.791 bits per heavy atom. The third-order valence-electron chi connectivity index (χ3n) is 7.30. The van der Waals surface area contributed by atoms with Gasteiger partial charge in [0.2, 0.25) is 5.91 Å². The van der Waals surface area contributed by atoms with Crippen LogP contribution in [0.25, 0.3) is 11.1 Å². The molecule has 0 saturated carbocycles. The first-order valence-corrected chi connectivity index (χ1v) is 14.1. The van der Waals surface area contributed by atoms with Gasteiger partial charge in [-0.15, -0.1) is 0 Å². The first-order chi connectivity index (χ1) is 21.0. The van der Waals surface area contributed by atoms with Crippen LogP contribution in [0.2, 0.25) is 0 Å². The second kappa shape index (κ2) is 13.4. The fourth-order valence-electron chi connectivity index (χ4n) is 4.99. The van der Waals surface area contributed by atoms with Crippen LogP contribution in [-0.2, 0) is 17.9 Å². The maximum Gasteiger partial charge on any atom is 0.277 e. The van der Waals surface area contributed by atoms with Crippen LogP contribution in [-0.4, -0.2) is 29.5 Å². The number of aromatic nitrogens is 1. The predicted octanol–water partition coefficient (Wildman–Crippen LogP) is 6.29. The number of hydrogen-bond donors (Lipinski definition) is 2. The number of nitrogens with one attached hydrogen (secondary N) is 2. The minimum Gasteiger partial charge on any atom is -0.379 e. The van der Waals surface area contributed by atoms with E-state index in [2.05, 4.69) is 16.7 Å². The molecule has 1 heterocycles. The van der Waals surface area contributed by atoms with Crippen LogP contribution in [0.3, 0.4) is 0 Å². The van der Waals surface area contributed by atoms with Crippen molar-refractivity contribution in [3.05, 3.63) is 154 Å². The van der Waals surface area contributed by atoms with Crippen molar-refractivity contribution in [2.75, 3.05) is 24.7 Å². The number of carbonyl (C=O) groups is 1. The molecule has 43 heavy (non-hydrogen) atoms. The molecule has 2 N–H and O–H groups in total. The SMILES string of the molecule is CN(C)C(=O)C(c1ccccc1)n1ccc(NCc2ccccc2)c(NCc2ccc(-c3ccccc3C#N)cc2)c1=O. The van der Waals surface area contributed by atoms with Crippen LogP contribution in [0.1, 0.15) is 28.3 Å². The van der Waals surface area contributed by atoms with E-state index in [0.29, 0.717) is 30.0 Å². The van der Waals surface area contributed by atoms with Crippen molar-refractivity contribution in [2.45, 2.75) is 19.1 Å². The number of nitrogens with zero attached hydrogens (tertiary/aromatic N) is 3. The minimum atomic E-state index is -0.813. The van der Waals surface area contributed by atoms with Gasteiger partial charge in [-0.05, 0) is 39.9 Å². The highest BCUT2D eigenvalue weighted by Gasteiger charge is 2.26. The van der Waals surface area contributed by atoms with Gasteiger partial charge in [0, 0.05) is 33.4 Å². The molecule has 5 rings (SSSR count). The molecule has 1 amide bonds. The summed E-state index contributed by atoms with van der Waals surface area (Å²) in [6.45, 7) is 0.918. The van der Waals surface area contributed by atoms with Gasteiger partial charge in [0.25, 0.3) is 5.56 Å². The van der Waals surface area contributed by atoms with E-state index in [0.717, 1.165) is 27.8 Å².